The summed E-state index contributed by atoms with van der Waals surface area (Å²) in [5.41, 5.74) is 2.64. The van der Waals surface area contributed by atoms with Gasteiger partial charge in [-0.25, -0.2) is 0 Å². The summed E-state index contributed by atoms with van der Waals surface area (Å²) >= 11 is 0. The lowest BCUT2D eigenvalue weighted by Gasteiger charge is -2.29. The first-order chi connectivity index (χ1) is 8.63. The summed E-state index contributed by atoms with van der Waals surface area (Å²) in [5.74, 6) is 0.124. The quantitative estimate of drug-likeness (QED) is 0.797. The van der Waals surface area contributed by atoms with E-state index in [1.54, 1.807) is 18.9 Å². The normalized spacial score (nSPS) is 19.5. The maximum atomic E-state index is 12.3. The van der Waals surface area contributed by atoms with Crippen LogP contribution in [0.5, 0.6) is 0 Å². The molecule has 0 fully saturated rings. The number of nitrogens with zero attached hydrogens (tertiary/aromatic N) is 2. The van der Waals surface area contributed by atoms with Crippen LogP contribution in [-0.4, -0.2) is 23.9 Å². The zero-order valence-corrected chi connectivity index (χ0v) is 10.9. The van der Waals surface area contributed by atoms with Gasteiger partial charge in [0, 0.05) is 13.0 Å². The molecule has 1 aromatic carbocycles. The van der Waals surface area contributed by atoms with Crippen LogP contribution in [0.1, 0.15) is 24.5 Å². The summed E-state index contributed by atoms with van der Waals surface area (Å²) < 4.78 is 0. The van der Waals surface area contributed by atoms with E-state index in [4.69, 9.17) is 5.26 Å². The third-order valence-electron chi connectivity index (χ3n) is 3.81. The van der Waals surface area contributed by atoms with E-state index in [9.17, 15) is 4.79 Å². The number of aryl methyl sites for hydroxylation is 1. The lowest BCUT2D eigenvalue weighted by atomic mass is 9.83. The van der Waals surface area contributed by atoms with Crippen molar-refractivity contribution in [2.45, 2.75) is 32.2 Å². The largest absolute Gasteiger partial charge is 0.330 e. The van der Waals surface area contributed by atoms with Gasteiger partial charge >= 0.3 is 0 Å². The Morgan fingerprint density at radius 3 is 2.78 bits per heavy atom. The lowest BCUT2D eigenvalue weighted by molar-refractivity contribution is -0.135. The van der Waals surface area contributed by atoms with Gasteiger partial charge in [0.15, 0.2) is 0 Å². The molecule has 0 saturated carbocycles. The second-order valence-electron chi connectivity index (χ2n) is 4.96. The number of fused-ring (bicyclic) bond motifs is 1. The highest BCUT2D eigenvalue weighted by molar-refractivity contribution is 5.79. The van der Waals surface area contributed by atoms with Gasteiger partial charge in [-0.1, -0.05) is 24.3 Å². The standard InChI is InChI=1S/C15H18N2O/c1-11(10-16)17(2)15(18)14-8-7-12-5-3-4-6-13(12)9-14/h3-6,11,14H,7-9H2,1-2H3. The van der Waals surface area contributed by atoms with E-state index in [0.717, 1.165) is 19.3 Å². The summed E-state index contributed by atoms with van der Waals surface area (Å²) in [7, 11) is 1.72. The van der Waals surface area contributed by atoms with E-state index in [1.165, 1.54) is 11.1 Å². The molecular weight excluding hydrogens is 224 g/mol. The van der Waals surface area contributed by atoms with E-state index >= 15 is 0 Å². The SMILES string of the molecule is CC(C#N)N(C)C(=O)C1CCc2ccccc2C1. The zero-order valence-electron chi connectivity index (χ0n) is 10.9. The van der Waals surface area contributed by atoms with Crippen molar-refractivity contribution in [3.8, 4) is 6.07 Å². The Labute approximate surface area is 108 Å². The molecule has 1 aromatic rings. The van der Waals surface area contributed by atoms with Gasteiger partial charge in [-0.15, -0.1) is 0 Å². The summed E-state index contributed by atoms with van der Waals surface area (Å²) in [6.45, 7) is 1.76. The number of carbonyl (C=O) groups excluding carboxylic acids is 1. The van der Waals surface area contributed by atoms with Gasteiger partial charge in [0.05, 0.1) is 6.07 Å². The highest BCUT2D eigenvalue weighted by Gasteiger charge is 2.28. The Hall–Kier alpha value is -1.82. The zero-order chi connectivity index (χ0) is 13.1. The number of hydrogen-bond donors (Lipinski definition) is 0. The predicted molar refractivity (Wildman–Crippen MR) is 69.8 cm³/mol. The van der Waals surface area contributed by atoms with Crippen molar-refractivity contribution in [1.29, 1.82) is 5.26 Å². The Balaban J connectivity index is 2.10. The van der Waals surface area contributed by atoms with Crippen LogP contribution in [-0.2, 0) is 17.6 Å². The molecule has 1 aliphatic rings. The van der Waals surface area contributed by atoms with E-state index in [2.05, 4.69) is 18.2 Å². The van der Waals surface area contributed by atoms with Crippen LogP contribution in [0.4, 0.5) is 0 Å². The molecule has 1 aliphatic carbocycles. The molecule has 0 aliphatic heterocycles. The minimum absolute atomic E-state index is 0.0284. The minimum Gasteiger partial charge on any atom is -0.330 e. The molecule has 18 heavy (non-hydrogen) atoms. The summed E-state index contributed by atoms with van der Waals surface area (Å²) in [6, 6.07) is 10.1. The maximum Gasteiger partial charge on any atom is 0.226 e. The molecule has 3 nitrogen and oxygen atoms in total. The van der Waals surface area contributed by atoms with Crippen molar-refractivity contribution in [2.24, 2.45) is 5.92 Å². The van der Waals surface area contributed by atoms with Crippen molar-refractivity contribution in [1.82, 2.24) is 4.90 Å². The van der Waals surface area contributed by atoms with Crippen LogP contribution in [0.25, 0.3) is 0 Å². The molecule has 94 valence electrons. The Morgan fingerprint density at radius 1 is 1.44 bits per heavy atom. The number of carbonyl (C=O) groups is 1. The molecule has 3 heteroatoms. The fourth-order valence-electron chi connectivity index (χ4n) is 2.47. The van der Waals surface area contributed by atoms with Crippen molar-refractivity contribution in [3.63, 3.8) is 0 Å². The summed E-state index contributed by atoms with van der Waals surface area (Å²) in [4.78, 5) is 13.9. The van der Waals surface area contributed by atoms with Gasteiger partial charge in [0.25, 0.3) is 0 Å². The van der Waals surface area contributed by atoms with Crippen molar-refractivity contribution in [3.05, 3.63) is 35.4 Å². The van der Waals surface area contributed by atoms with E-state index in [1.807, 2.05) is 12.1 Å². The van der Waals surface area contributed by atoms with E-state index < -0.39 is 0 Å². The van der Waals surface area contributed by atoms with Crippen LogP contribution in [0.15, 0.2) is 24.3 Å². The number of benzene rings is 1. The molecule has 0 N–H and O–H groups in total. The number of nitriles is 1. The molecule has 2 unspecified atom stereocenters. The smallest absolute Gasteiger partial charge is 0.226 e. The van der Waals surface area contributed by atoms with Crippen LogP contribution in [0, 0.1) is 17.2 Å². The van der Waals surface area contributed by atoms with Crippen molar-refractivity contribution >= 4 is 5.91 Å². The minimum atomic E-state index is -0.352. The molecule has 0 radical (unpaired) electrons. The van der Waals surface area contributed by atoms with E-state index in [-0.39, 0.29) is 17.9 Å². The number of amides is 1. The maximum absolute atomic E-state index is 12.3. The van der Waals surface area contributed by atoms with Gasteiger partial charge in [-0.3, -0.25) is 4.79 Å². The average Bonchev–Trinajstić information content (AvgIpc) is 2.44. The number of hydrogen-bond acceptors (Lipinski definition) is 2. The van der Waals surface area contributed by atoms with Crippen LogP contribution >= 0.6 is 0 Å². The van der Waals surface area contributed by atoms with Crippen molar-refractivity contribution in [2.75, 3.05) is 7.05 Å². The Kier molecular flexibility index (Phi) is 3.66. The topological polar surface area (TPSA) is 44.1 Å². The molecule has 0 aromatic heterocycles. The number of rotatable bonds is 2. The highest BCUT2D eigenvalue weighted by Crippen LogP contribution is 2.26. The second kappa shape index (κ2) is 5.22. The van der Waals surface area contributed by atoms with Crippen LogP contribution in [0.2, 0.25) is 0 Å². The first-order valence-electron chi connectivity index (χ1n) is 6.36. The van der Waals surface area contributed by atoms with Crippen molar-refractivity contribution < 1.29 is 4.79 Å². The van der Waals surface area contributed by atoms with Crippen LogP contribution in [0.3, 0.4) is 0 Å². The fourth-order valence-corrected chi connectivity index (χ4v) is 2.47. The van der Waals surface area contributed by atoms with Gasteiger partial charge in [-0.05, 0) is 37.3 Å². The summed E-state index contributed by atoms with van der Waals surface area (Å²) in [6.07, 6.45) is 2.65. The summed E-state index contributed by atoms with van der Waals surface area (Å²) in [5, 5.41) is 8.87. The van der Waals surface area contributed by atoms with Gasteiger partial charge in [-0.2, -0.15) is 5.26 Å². The molecular formula is C15H18N2O. The Morgan fingerprint density at radius 2 is 2.11 bits per heavy atom. The predicted octanol–water partition coefficient (Wildman–Crippen LogP) is 2.16. The van der Waals surface area contributed by atoms with Gasteiger partial charge in [0.2, 0.25) is 5.91 Å². The third kappa shape index (κ3) is 2.38. The second-order valence-corrected chi connectivity index (χ2v) is 4.96. The Bertz CT molecular complexity index is 490. The highest BCUT2D eigenvalue weighted by atomic mass is 16.2. The molecule has 1 amide bonds. The molecule has 0 spiro atoms. The van der Waals surface area contributed by atoms with E-state index in [0.29, 0.717) is 0 Å². The first-order valence-corrected chi connectivity index (χ1v) is 6.36. The molecule has 2 atom stereocenters. The molecule has 0 bridgehead atoms. The fraction of sp³-hybridized carbons (Fsp3) is 0.467. The van der Waals surface area contributed by atoms with Crippen LogP contribution < -0.4 is 0 Å². The monoisotopic (exact) mass is 242 g/mol. The van der Waals surface area contributed by atoms with Gasteiger partial charge in [0.1, 0.15) is 6.04 Å². The molecule has 2 rings (SSSR count). The first kappa shape index (κ1) is 12.6. The third-order valence-corrected chi connectivity index (χ3v) is 3.81. The lowest BCUT2D eigenvalue weighted by Crippen LogP contribution is -2.40. The van der Waals surface area contributed by atoms with Gasteiger partial charge < -0.3 is 4.90 Å². The molecule has 0 heterocycles. The average molecular weight is 242 g/mol. The molecule has 0 saturated heterocycles.